The van der Waals surface area contributed by atoms with E-state index in [9.17, 15) is 9.59 Å². The van der Waals surface area contributed by atoms with Crippen LogP contribution in [0.15, 0.2) is 0 Å². The van der Waals surface area contributed by atoms with E-state index in [1.54, 1.807) is 0 Å². The largest absolute Gasteiger partial charge is 0.441 e. The molecule has 19 heavy (non-hydrogen) atoms. The molecule has 1 heterocycles. The maximum Gasteiger partial charge on any atom is 0.304 e. The van der Waals surface area contributed by atoms with Crippen molar-refractivity contribution in [2.75, 3.05) is 0 Å². The highest BCUT2D eigenvalue weighted by atomic mass is 28.4. The van der Waals surface area contributed by atoms with Crippen molar-refractivity contribution in [2.45, 2.75) is 65.1 Å². The van der Waals surface area contributed by atoms with Crippen LogP contribution in [-0.4, -0.2) is 32.5 Å². The van der Waals surface area contributed by atoms with Gasteiger partial charge >= 0.3 is 5.97 Å². The summed E-state index contributed by atoms with van der Waals surface area (Å²) in [5.41, 5.74) is 0. The zero-order chi connectivity index (χ0) is 14.6. The van der Waals surface area contributed by atoms with Gasteiger partial charge in [-0.25, -0.2) is 0 Å². The van der Waals surface area contributed by atoms with E-state index in [0.717, 1.165) is 18.9 Å². The minimum atomic E-state index is -1.75. The first-order chi connectivity index (χ1) is 8.76. The van der Waals surface area contributed by atoms with E-state index in [1.807, 2.05) is 6.92 Å². The molecule has 3 atom stereocenters. The zero-order valence-corrected chi connectivity index (χ0v) is 13.5. The van der Waals surface area contributed by atoms with Gasteiger partial charge < -0.3 is 14.5 Å². The molecule has 1 fully saturated rings. The molecule has 0 aromatic rings. The van der Waals surface area contributed by atoms with Crippen LogP contribution in [0.5, 0.6) is 0 Å². The number of nitrogens with one attached hydrogen (secondary N) is 1. The third-order valence-corrected chi connectivity index (χ3v) is 5.92. The molecule has 1 N–H and O–H groups in total. The molecule has 6 heteroatoms. The Morgan fingerprint density at radius 2 is 2.11 bits per heavy atom. The number of rotatable bonds is 7. The maximum atomic E-state index is 11.6. The Morgan fingerprint density at radius 3 is 2.58 bits per heavy atom. The van der Waals surface area contributed by atoms with E-state index in [-0.39, 0.29) is 23.9 Å². The number of esters is 1. The van der Waals surface area contributed by atoms with Crippen molar-refractivity contribution in [2.24, 2.45) is 5.92 Å². The van der Waals surface area contributed by atoms with Gasteiger partial charge in [0.25, 0.3) is 0 Å². The lowest BCUT2D eigenvalue weighted by atomic mass is 9.93. The molecule has 0 aromatic carbocycles. The highest BCUT2D eigenvalue weighted by Crippen LogP contribution is 2.27. The van der Waals surface area contributed by atoms with Crippen molar-refractivity contribution in [3.05, 3.63) is 0 Å². The molecular formula is C13H25NO4Si. The average molecular weight is 287 g/mol. The number of unbranched alkanes of at least 4 members (excludes halogenated alkanes) is 1. The van der Waals surface area contributed by atoms with Gasteiger partial charge in [-0.1, -0.05) is 19.8 Å². The standard InChI is InChI=1S/C13H25NO4Si/c1-6-7-8-19(4,5)18-9(2)11-12(16)14-13(11)17-10(3)15/h9,11,13H,6-8H2,1-5H3,(H,14,16)/t9-,11-,13-/m1/s1. The molecule has 0 unspecified atom stereocenters. The summed E-state index contributed by atoms with van der Waals surface area (Å²) in [6, 6.07) is 1.08. The molecule has 110 valence electrons. The molecule has 0 bridgehead atoms. The van der Waals surface area contributed by atoms with Crippen molar-refractivity contribution in [1.29, 1.82) is 0 Å². The van der Waals surface area contributed by atoms with Gasteiger partial charge in [0.1, 0.15) is 5.92 Å². The van der Waals surface area contributed by atoms with E-state index in [1.165, 1.54) is 6.92 Å². The van der Waals surface area contributed by atoms with E-state index < -0.39 is 14.5 Å². The van der Waals surface area contributed by atoms with Crippen LogP contribution in [0.4, 0.5) is 0 Å². The number of hydrogen-bond donors (Lipinski definition) is 1. The summed E-state index contributed by atoms with van der Waals surface area (Å²) in [5, 5.41) is 2.59. The molecule has 1 aliphatic heterocycles. The van der Waals surface area contributed by atoms with Gasteiger partial charge in [0.15, 0.2) is 14.5 Å². The Bertz CT molecular complexity index is 346. The van der Waals surface area contributed by atoms with Gasteiger partial charge in [-0.3, -0.25) is 9.59 Å². The molecule has 1 rings (SSSR count). The fourth-order valence-electron chi connectivity index (χ4n) is 2.35. The summed E-state index contributed by atoms with van der Waals surface area (Å²) in [6.07, 6.45) is 1.55. The SMILES string of the molecule is CCCC[Si](C)(C)O[C@H](C)[C@@H]1C(=O)N[C@@H]1OC(C)=O. The quantitative estimate of drug-likeness (QED) is 0.442. The van der Waals surface area contributed by atoms with Gasteiger partial charge in [0.05, 0.1) is 6.10 Å². The zero-order valence-electron chi connectivity index (χ0n) is 12.5. The number of hydrogen-bond acceptors (Lipinski definition) is 4. The third kappa shape index (κ3) is 4.61. The summed E-state index contributed by atoms with van der Waals surface area (Å²) < 4.78 is 11.2. The second-order valence-corrected chi connectivity index (χ2v) is 10.0. The highest BCUT2D eigenvalue weighted by Gasteiger charge is 2.47. The van der Waals surface area contributed by atoms with E-state index in [0.29, 0.717) is 0 Å². The molecule has 1 saturated heterocycles. The normalized spacial score (nSPS) is 24.4. The van der Waals surface area contributed by atoms with Crippen LogP contribution in [0.2, 0.25) is 19.1 Å². The molecule has 0 radical (unpaired) electrons. The number of amides is 1. The van der Waals surface area contributed by atoms with Crippen LogP contribution in [0, 0.1) is 5.92 Å². The predicted molar refractivity (Wildman–Crippen MR) is 74.9 cm³/mol. The molecule has 0 aliphatic carbocycles. The fraction of sp³-hybridized carbons (Fsp3) is 0.846. The number of carbonyl (C=O) groups excluding carboxylic acids is 2. The second-order valence-electron chi connectivity index (χ2n) is 5.75. The predicted octanol–water partition coefficient (Wildman–Crippen LogP) is 2.03. The lowest BCUT2D eigenvalue weighted by Crippen LogP contribution is -2.64. The van der Waals surface area contributed by atoms with Crippen LogP contribution < -0.4 is 5.32 Å². The van der Waals surface area contributed by atoms with E-state index in [4.69, 9.17) is 9.16 Å². The lowest BCUT2D eigenvalue weighted by Gasteiger charge is -2.41. The van der Waals surface area contributed by atoms with Gasteiger partial charge in [-0.05, 0) is 26.1 Å². The maximum absolute atomic E-state index is 11.6. The monoisotopic (exact) mass is 287 g/mol. The second kappa shape index (κ2) is 6.52. The molecule has 0 saturated carbocycles. The summed E-state index contributed by atoms with van der Waals surface area (Å²) in [7, 11) is -1.75. The van der Waals surface area contributed by atoms with Crippen molar-refractivity contribution >= 4 is 20.2 Å². The average Bonchev–Trinajstić information content (AvgIpc) is 2.23. The molecule has 0 spiro atoms. The minimum absolute atomic E-state index is 0.0981. The van der Waals surface area contributed by atoms with Crippen molar-refractivity contribution < 1.29 is 18.8 Å². The summed E-state index contributed by atoms with van der Waals surface area (Å²) in [4.78, 5) is 22.5. The Balaban J connectivity index is 2.53. The number of carbonyl (C=O) groups is 2. The number of ether oxygens (including phenoxy) is 1. The van der Waals surface area contributed by atoms with Crippen LogP contribution in [-0.2, 0) is 18.8 Å². The van der Waals surface area contributed by atoms with Crippen molar-refractivity contribution in [3.63, 3.8) is 0 Å². The molecule has 5 nitrogen and oxygen atoms in total. The van der Waals surface area contributed by atoms with Gasteiger partial charge in [-0.15, -0.1) is 0 Å². The first-order valence-electron chi connectivity index (χ1n) is 6.92. The first-order valence-corrected chi connectivity index (χ1v) is 10.0. The van der Waals surface area contributed by atoms with Crippen LogP contribution in [0.25, 0.3) is 0 Å². The molecule has 1 aliphatic rings. The van der Waals surface area contributed by atoms with E-state index >= 15 is 0 Å². The lowest BCUT2D eigenvalue weighted by molar-refractivity contribution is -0.172. The van der Waals surface area contributed by atoms with Crippen molar-refractivity contribution in [1.82, 2.24) is 5.32 Å². The topological polar surface area (TPSA) is 64.6 Å². The minimum Gasteiger partial charge on any atom is -0.441 e. The van der Waals surface area contributed by atoms with E-state index in [2.05, 4.69) is 25.3 Å². The summed E-state index contributed by atoms with van der Waals surface area (Å²) in [5.74, 6) is -0.860. The Hall–Kier alpha value is -0.883. The summed E-state index contributed by atoms with van der Waals surface area (Å²) >= 11 is 0. The molecule has 0 aromatic heterocycles. The van der Waals surface area contributed by atoms with Crippen LogP contribution in [0.3, 0.4) is 0 Å². The summed E-state index contributed by atoms with van der Waals surface area (Å²) in [6.45, 7) is 9.71. The van der Waals surface area contributed by atoms with Crippen molar-refractivity contribution in [3.8, 4) is 0 Å². The Kier molecular flexibility index (Phi) is 5.55. The molecular weight excluding hydrogens is 262 g/mol. The molecule has 1 amide bonds. The Labute approximate surface area is 116 Å². The third-order valence-electron chi connectivity index (χ3n) is 3.35. The van der Waals surface area contributed by atoms with Crippen LogP contribution in [0.1, 0.15) is 33.6 Å². The highest BCUT2D eigenvalue weighted by molar-refractivity contribution is 6.71. The smallest absolute Gasteiger partial charge is 0.304 e. The first kappa shape index (κ1) is 16.2. The Morgan fingerprint density at radius 1 is 1.47 bits per heavy atom. The van der Waals surface area contributed by atoms with Gasteiger partial charge in [-0.2, -0.15) is 0 Å². The van der Waals surface area contributed by atoms with Gasteiger partial charge in [0.2, 0.25) is 5.91 Å². The van der Waals surface area contributed by atoms with Gasteiger partial charge in [0, 0.05) is 6.92 Å². The fourth-order valence-corrected chi connectivity index (χ4v) is 4.82. The van der Waals surface area contributed by atoms with Crippen LogP contribution >= 0.6 is 0 Å². The number of β-lactam (4-membered cyclic amide) rings is 1.